The van der Waals surface area contributed by atoms with Gasteiger partial charge in [0.05, 0.1) is 7.11 Å². The highest BCUT2D eigenvalue weighted by Gasteiger charge is 2.20. The number of allylic oxidation sites excluding steroid dienone is 2. The number of carbonyl (C=O) groups is 1. The van der Waals surface area contributed by atoms with Crippen LogP contribution in [0.4, 0.5) is 0 Å². The Bertz CT molecular complexity index is 427. The Morgan fingerprint density at radius 2 is 1.25 bits per heavy atom. The monoisotopic (exact) mass is 360 g/mol. The Morgan fingerprint density at radius 3 is 1.75 bits per heavy atom. The summed E-state index contributed by atoms with van der Waals surface area (Å²) in [5.41, 5.74) is 0. The molecule has 0 aliphatic heterocycles. The summed E-state index contributed by atoms with van der Waals surface area (Å²) >= 11 is 0. The molecule has 0 N–H and O–H groups in total. The van der Waals surface area contributed by atoms with Crippen molar-refractivity contribution in [2.45, 2.75) is 96.8 Å². The normalized spacial score (nSPS) is 12.1. The van der Waals surface area contributed by atoms with E-state index in [2.05, 4.69) is 23.3 Å². The number of hydrogen-bond acceptors (Lipinski definition) is 4. The number of unbranched alkanes of at least 4 members (excludes halogenated alkanes) is 11. The average Bonchev–Trinajstić information content (AvgIpc) is 2.58. The lowest BCUT2D eigenvalue weighted by atomic mass is 10.1. The van der Waals surface area contributed by atoms with Crippen LogP contribution in [-0.4, -0.2) is 20.6 Å². The molecule has 24 heavy (non-hydrogen) atoms. The van der Waals surface area contributed by atoms with Crippen LogP contribution in [0, 0.1) is 0 Å². The molecule has 0 unspecified atom stereocenters. The van der Waals surface area contributed by atoms with Crippen LogP contribution in [0.1, 0.15) is 96.8 Å². The van der Waals surface area contributed by atoms with Gasteiger partial charge in [-0.3, -0.25) is 8.98 Å². The minimum Gasteiger partial charge on any atom is -0.279 e. The first-order chi connectivity index (χ1) is 11.5. The van der Waals surface area contributed by atoms with Crippen molar-refractivity contribution in [3.05, 3.63) is 12.2 Å². The highest BCUT2D eigenvalue weighted by Crippen LogP contribution is 2.11. The fraction of sp³-hybridized carbons (Fsp3) is 0.842. The molecule has 0 aromatic heterocycles. The van der Waals surface area contributed by atoms with Gasteiger partial charge >= 0.3 is 10.1 Å². The van der Waals surface area contributed by atoms with Crippen molar-refractivity contribution in [1.29, 1.82) is 0 Å². The average molecular weight is 361 g/mol. The standard InChI is InChI=1S/C19H36O4S/c1-3-4-5-6-7-8-9-10-11-12-13-14-15-16-17-18-19(20)24(21,22)23-2/h10-11H,3-9,12-18H2,1-2H3/b11-10-. The molecule has 0 saturated heterocycles. The molecule has 0 aromatic carbocycles. The first kappa shape index (κ1) is 23.3. The van der Waals surface area contributed by atoms with Crippen LogP contribution in [0.2, 0.25) is 0 Å². The summed E-state index contributed by atoms with van der Waals surface area (Å²) in [6.07, 6.45) is 19.9. The third-order valence-corrected chi connectivity index (χ3v) is 5.34. The number of hydrogen-bond donors (Lipinski definition) is 0. The molecule has 0 fully saturated rings. The zero-order valence-corrected chi connectivity index (χ0v) is 16.4. The molecule has 0 rings (SSSR count). The van der Waals surface area contributed by atoms with Crippen LogP contribution in [0.15, 0.2) is 12.2 Å². The molecule has 0 aliphatic rings. The smallest absolute Gasteiger partial charge is 0.279 e. The van der Waals surface area contributed by atoms with Crippen molar-refractivity contribution in [2.24, 2.45) is 0 Å². The van der Waals surface area contributed by atoms with Crippen molar-refractivity contribution in [3.8, 4) is 0 Å². The van der Waals surface area contributed by atoms with E-state index >= 15 is 0 Å². The summed E-state index contributed by atoms with van der Waals surface area (Å²) in [6.45, 7) is 2.24. The van der Waals surface area contributed by atoms with E-state index in [1.807, 2.05) is 0 Å². The Labute approximate surface area is 149 Å². The summed E-state index contributed by atoms with van der Waals surface area (Å²) in [5.74, 6) is 0. The molecule has 0 atom stereocenters. The Kier molecular flexibility index (Phi) is 15.4. The van der Waals surface area contributed by atoms with Gasteiger partial charge in [0.25, 0.3) is 5.12 Å². The van der Waals surface area contributed by atoms with Gasteiger partial charge in [0.1, 0.15) is 0 Å². The van der Waals surface area contributed by atoms with Crippen molar-refractivity contribution in [1.82, 2.24) is 0 Å². The van der Waals surface area contributed by atoms with Gasteiger partial charge < -0.3 is 0 Å². The lowest BCUT2D eigenvalue weighted by Crippen LogP contribution is -2.15. The van der Waals surface area contributed by atoms with Gasteiger partial charge in [-0.1, -0.05) is 70.4 Å². The summed E-state index contributed by atoms with van der Waals surface area (Å²) < 4.78 is 26.4. The maximum atomic E-state index is 11.3. The predicted octanol–water partition coefficient (Wildman–Crippen LogP) is 5.53. The maximum absolute atomic E-state index is 11.3. The first-order valence-corrected chi connectivity index (χ1v) is 10.9. The largest absolute Gasteiger partial charge is 0.330 e. The minimum atomic E-state index is -3.97. The van der Waals surface area contributed by atoms with E-state index < -0.39 is 15.2 Å². The molecule has 5 heteroatoms. The highest BCUT2D eigenvalue weighted by molar-refractivity contribution is 8.01. The van der Waals surface area contributed by atoms with Gasteiger partial charge in [0.2, 0.25) is 0 Å². The van der Waals surface area contributed by atoms with Crippen LogP contribution in [-0.2, 0) is 19.1 Å². The highest BCUT2D eigenvalue weighted by atomic mass is 32.2. The van der Waals surface area contributed by atoms with Gasteiger partial charge in [-0.25, -0.2) is 0 Å². The molecule has 4 nitrogen and oxygen atoms in total. The lowest BCUT2D eigenvalue weighted by molar-refractivity contribution is -0.112. The van der Waals surface area contributed by atoms with Crippen LogP contribution in [0.3, 0.4) is 0 Å². The van der Waals surface area contributed by atoms with Gasteiger partial charge in [0, 0.05) is 6.42 Å². The van der Waals surface area contributed by atoms with Gasteiger partial charge in [-0.2, -0.15) is 8.42 Å². The summed E-state index contributed by atoms with van der Waals surface area (Å²) in [5, 5.41) is -0.803. The predicted molar refractivity (Wildman–Crippen MR) is 100 cm³/mol. The number of carbonyl (C=O) groups excluding carboxylic acids is 1. The van der Waals surface area contributed by atoms with Crippen molar-refractivity contribution >= 4 is 15.2 Å². The second-order valence-electron chi connectivity index (χ2n) is 6.33. The quantitative estimate of drug-likeness (QED) is 0.206. The Hall–Kier alpha value is -0.680. The Balaban J connectivity index is 3.33. The SMILES string of the molecule is CCCCCCCC/C=C\CCCCCCCC(=O)S(=O)(=O)OC. The van der Waals surface area contributed by atoms with Gasteiger partial charge in [-0.15, -0.1) is 0 Å². The van der Waals surface area contributed by atoms with Crippen molar-refractivity contribution in [2.75, 3.05) is 7.11 Å². The van der Waals surface area contributed by atoms with Crippen molar-refractivity contribution < 1.29 is 17.4 Å². The van der Waals surface area contributed by atoms with E-state index in [-0.39, 0.29) is 6.42 Å². The zero-order valence-electron chi connectivity index (χ0n) is 15.6. The molecule has 142 valence electrons. The second-order valence-corrected chi connectivity index (χ2v) is 8.02. The zero-order chi connectivity index (χ0) is 18.1. The van der Waals surface area contributed by atoms with Crippen LogP contribution < -0.4 is 0 Å². The first-order valence-electron chi connectivity index (χ1n) is 9.53. The molecule has 0 radical (unpaired) electrons. The maximum Gasteiger partial charge on any atom is 0.330 e. The summed E-state index contributed by atoms with van der Waals surface area (Å²) in [6, 6.07) is 0. The van der Waals surface area contributed by atoms with Crippen molar-refractivity contribution in [3.63, 3.8) is 0 Å². The Morgan fingerprint density at radius 1 is 0.792 bits per heavy atom. The molecule has 0 amide bonds. The van der Waals surface area contributed by atoms with E-state index in [0.29, 0.717) is 6.42 Å². The minimum absolute atomic E-state index is 0.0638. The molecule has 0 aliphatic carbocycles. The van der Waals surface area contributed by atoms with Crippen LogP contribution >= 0.6 is 0 Å². The third kappa shape index (κ3) is 13.7. The number of rotatable bonds is 16. The second kappa shape index (κ2) is 15.8. The summed E-state index contributed by atoms with van der Waals surface area (Å²) in [4.78, 5) is 11.3. The topological polar surface area (TPSA) is 60.4 Å². The fourth-order valence-electron chi connectivity index (χ4n) is 2.56. The van der Waals surface area contributed by atoms with Crippen LogP contribution in [0.25, 0.3) is 0 Å². The van der Waals surface area contributed by atoms with E-state index in [1.54, 1.807) is 0 Å². The summed E-state index contributed by atoms with van der Waals surface area (Å²) in [7, 11) is -2.94. The molecule has 0 bridgehead atoms. The molecule has 0 spiro atoms. The molecule has 0 aromatic rings. The lowest BCUT2D eigenvalue weighted by Gasteiger charge is -2.01. The van der Waals surface area contributed by atoms with Gasteiger partial charge in [0.15, 0.2) is 0 Å². The van der Waals surface area contributed by atoms with Gasteiger partial charge in [-0.05, 0) is 32.1 Å². The fourth-order valence-corrected chi connectivity index (χ4v) is 3.14. The van der Waals surface area contributed by atoms with E-state index in [1.165, 1.54) is 44.9 Å². The molecular weight excluding hydrogens is 324 g/mol. The third-order valence-electron chi connectivity index (χ3n) is 4.14. The van der Waals surface area contributed by atoms with E-state index in [0.717, 1.165) is 39.2 Å². The van der Waals surface area contributed by atoms with E-state index in [4.69, 9.17) is 0 Å². The van der Waals surface area contributed by atoms with E-state index in [9.17, 15) is 13.2 Å². The van der Waals surface area contributed by atoms with Crippen LogP contribution in [0.5, 0.6) is 0 Å². The molecule has 0 heterocycles. The molecule has 0 saturated carbocycles. The molecular formula is C19H36O4S.